The van der Waals surface area contributed by atoms with Crippen molar-refractivity contribution in [2.24, 2.45) is 5.41 Å². The SMILES string of the molecule is Cc1ncsc1-c1ccc([C@H](C)NC(=O)[C@@H]2C[C@@H](O)CN2C(=O)[C@@H](NC(=O)COCCOCCOCCOCC/C=C/C(=O)N2CCN(c3ncnc4c(F)c(-c5cc(O)cc6ccccc56)c(Cl)cc34)CC2)C(C)(C)C)cc1. The molecule has 0 radical (unpaired) electrons. The third kappa shape index (κ3) is 14.8. The molecule has 2 aliphatic rings. The number of phenols is 1. The van der Waals surface area contributed by atoms with Crippen LogP contribution in [0.25, 0.3) is 43.2 Å². The number of aliphatic hydroxyl groups is 1. The zero-order valence-corrected chi connectivity index (χ0v) is 46.7. The summed E-state index contributed by atoms with van der Waals surface area (Å²) in [4.78, 5) is 73.0. The number of rotatable bonds is 23. The van der Waals surface area contributed by atoms with Gasteiger partial charge in [-0.3, -0.25) is 19.2 Å². The average molecular weight is 1120 g/mol. The predicted octanol–water partition coefficient (Wildman–Crippen LogP) is 7.41. The molecule has 420 valence electrons. The van der Waals surface area contributed by atoms with Crippen LogP contribution in [0.3, 0.4) is 0 Å². The third-order valence-corrected chi connectivity index (χ3v) is 15.2. The molecule has 2 aromatic heterocycles. The molecule has 79 heavy (non-hydrogen) atoms. The fourth-order valence-corrected chi connectivity index (χ4v) is 10.8. The van der Waals surface area contributed by atoms with Crippen molar-refractivity contribution < 1.29 is 52.7 Å². The molecule has 2 fully saturated rings. The monoisotopic (exact) mass is 1120 g/mol. The lowest BCUT2D eigenvalue weighted by molar-refractivity contribution is -0.144. The number of piperazine rings is 1. The number of aryl methyl sites for hydroxylation is 1. The fourth-order valence-electron chi connectivity index (χ4n) is 9.74. The number of aromatic hydroxyl groups is 1. The molecular formula is C58H68ClFN8O10S. The number of halogens is 2. The number of β-amino-alcohol motifs (C(OH)–C–C–N with tert-alkyl or cyclic N) is 1. The van der Waals surface area contributed by atoms with Crippen molar-refractivity contribution in [2.75, 3.05) is 90.5 Å². The zero-order chi connectivity index (χ0) is 56.2. The lowest BCUT2D eigenvalue weighted by atomic mass is 9.85. The minimum absolute atomic E-state index is 0.00626. The van der Waals surface area contributed by atoms with Gasteiger partial charge in [-0.05, 0) is 77.4 Å². The molecule has 0 spiro atoms. The van der Waals surface area contributed by atoms with E-state index in [1.807, 2.05) is 93.6 Å². The second-order valence-electron chi connectivity index (χ2n) is 20.6. The number of hydrogen-bond acceptors (Lipinski definition) is 15. The fraction of sp³-hybridized carbons (Fsp3) is 0.431. The summed E-state index contributed by atoms with van der Waals surface area (Å²) in [7, 11) is 0. The Hall–Kier alpha value is -6.65. The van der Waals surface area contributed by atoms with E-state index in [-0.39, 0.29) is 72.5 Å². The highest BCUT2D eigenvalue weighted by Gasteiger charge is 2.45. The highest BCUT2D eigenvalue weighted by Crippen LogP contribution is 2.42. The van der Waals surface area contributed by atoms with Gasteiger partial charge in [0, 0.05) is 50.1 Å². The molecule has 4 N–H and O–H groups in total. The summed E-state index contributed by atoms with van der Waals surface area (Å²) in [6.45, 7) is 12.8. The number of carbonyl (C=O) groups excluding carboxylic acids is 4. The number of thiazole rings is 1. The molecule has 0 aliphatic carbocycles. The summed E-state index contributed by atoms with van der Waals surface area (Å²) in [5.41, 5.74) is 4.68. The van der Waals surface area contributed by atoms with Crippen LogP contribution in [0.1, 0.15) is 57.8 Å². The van der Waals surface area contributed by atoms with E-state index >= 15 is 4.39 Å². The Bertz CT molecular complexity index is 3130. The molecule has 4 atom stereocenters. The minimum Gasteiger partial charge on any atom is -0.508 e. The number of aromatic nitrogens is 3. The quantitative estimate of drug-likeness (QED) is 0.0363. The molecule has 21 heteroatoms. The Balaban J connectivity index is 0.670. The number of phenolic OH excluding ortho intramolecular Hbond substituents is 1. The highest BCUT2D eigenvalue weighted by molar-refractivity contribution is 7.13. The molecule has 18 nitrogen and oxygen atoms in total. The van der Waals surface area contributed by atoms with Gasteiger partial charge >= 0.3 is 0 Å². The van der Waals surface area contributed by atoms with E-state index in [1.165, 1.54) is 17.3 Å². The summed E-state index contributed by atoms with van der Waals surface area (Å²) >= 11 is 8.34. The number of likely N-dealkylation sites (tertiary alicyclic amines) is 1. The first-order valence-corrected chi connectivity index (χ1v) is 27.7. The van der Waals surface area contributed by atoms with Crippen LogP contribution >= 0.6 is 22.9 Å². The van der Waals surface area contributed by atoms with E-state index in [1.54, 1.807) is 40.5 Å². The van der Waals surface area contributed by atoms with E-state index in [4.69, 9.17) is 30.5 Å². The molecule has 0 bridgehead atoms. The Kier molecular flexibility index (Phi) is 20.0. The first-order chi connectivity index (χ1) is 38.0. The second kappa shape index (κ2) is 27.0. The zero-order valence-electron chi connectivity index (χ0n) is 45.1. The normalized spacial score (nSPS) is 16.7. The van der Waals surface area contributed by atoms with Gasteiger partial charge in [-0.25, -0.2) is 19.3 Å². The predicted molar refractivity (Wildman–Crippen MR) is 301 cm³/mol. The molecule has 0 saturated carbocycles. The standard InChI is InChI=1S/C58H68ClFN8O10S/c1-36(38-13-15-39(16-14-38)53-37(2)63-35-79-53)64-56(73)47-30-42(70)32-68(47)57(74)54(58(3,4)5)65-48(71)33-78-27-26-77-25-24-76-23-22-75-21-9-8-12-49(72)66-17-19-67(20-18-66)55-45-31-46(59)50(51(60)52(45)61-34-62-55)44-29-41(69)28-40-10-6-7-11-43(40)44/h6-8,10-16,28-29,31,34-36,42,47,54,69-70H,9,17-27,30,32-33H2,1-5H3,(H,64,73)(H,65,71)/b12-8+/t36-,42+,47-,54+/m0/s1. The van der Waals surface area contributed by atoms with Gasteiger partial charge in [0.25, 0.3) is 0 Å². The van der Waals surface area contributed by atoms with Crippen molar-refractivity contribution in [3.8, 4) is 27.3 Å². The molecule has 4 heterocycles. The van der Waals surface area contributed by atoms with Crippen molar-refractivity contribution in [3.63, 3.8) is 0 Å². The first-order valence-electron chi connectivity index (χ1n) is 26.4. The largest absolute Gasteiger partial charge is 0.508 e. The number of anilines is 1. The molecule has 8 rings (SSSR count). The van der Waals surface area contributed by atoms with E-state index in [0.717, 1.165) is 32.5 Å². The van der Waals surface area contributed by atoms with Crippen LogP contribution in [0.2, 0.25) is 5.02 Å². The van der Waals surface area contributed by atoms with Crippen molar-refractivity contribution in [1.29, 1.82) is 0 Å². The van der Waals surface area contributed by atoms with Gasteiger partial charge in [-0.15, -0.1) is 11.3 Å². The summed E-state index contributed by atoms with van der Waals surface area (Å²) < 4.78 is 38.7. The van der Waals surface area contributed by atoms with E-state index < -0.39 is 41.2 Å². The smallest absolute Gasteiger partial charge is 0.246 e. The number of amides is 4. The van der Waals surface area contributed by atoms with Crippen molar-refractivity contribution in [2.45, 2.75) is 71.7 Å². The Morgan fingerprint density at radius 2 is 1.56 bits per heavy atom. The first kappa shape index (κ1) is 58.5. The molecule has 4 amide bonds. The molecule has 2 saturated heterocycles. The van der Waals surface area contributed by atoms with Gasteiger partial charge < -0.3 is 54.5 Å². The maximum atomic E-state index is 16.3. The second-order valence-corrected chi connectivity index (χ2v) is 21.9. The van der Waals surface area contributed by atoms with Gasteiger partial charge in [0.2, 0.25) is 23.6 Å². The van der Waals surface area contributed by atoms with Crippen molar-refractivity contribution in [1.82, 2.24) is 35.4 Å². The van der Waals surface area contributed by atoms with E-state index in [9.17, 15) is 29.4 Å². The number of benzene rings is 4. The van der Waals surface area contributed by atoms with Gasteiger partial charge in [0.05, 0.1) is 79.5 Å². The Labute approximate surface area is 467 Å². The molecule has 4 aromatic carbocycles. The number of ether oxygens (including phenoxy) is 4. The molecular weight excluding hydrogens is 1060 g/mol. The summed E-state index contributed by atoms with van der Waals surface area (Å²) in [6, 6.07) is 17.8. The summed E-state index contributed by atoms with van der Waals surface area (Å²) in [5, 5.41) is 29.0. The number of aliphatic hydroxyl groups excluding tert-OH is 1. The van der Waals surface area contributed by atoms with Crippen molar-refractivity contribution >= 4 is 74.1 Å². The maximum absolute atomic E-state index is 16.3. The third-order valence-electron chi connectivity index (χ3n) is 13.9. The molecule has 6 aromatic rings. The van der Waals surface area contributed by atoms with Crippen LogP contribution in [0, 0.1) is 18.2 Å². The van der Waals surface area contributed by atoms with Gasteiger partial charge in [0.15, 0.2) is 5.82 Å². The molecule has 2 aliphatic heterocycles. The van der Waals surface area contributed by atoms with Crippen LogP contribution in [-0.2, 0) is 38.1 Å². The number of carbonyl (C=O) groups is 4. The minimum atomic E-state index is -0.989. The highest BCUT2D eigenvalue weighted by atomic mass is 35.5. The van der Waals surface area contributed by atoms with E-state index in [0.29, 0.717) is 82.4 Å². The van der Waals surface area contributed by atoms with Crippen LogP contribution < -0.4 is 15.5 Å². The summed E-state index contributed by atoms with van der Waals surface area (Å²) in [5.74, 6) is -1.56. The lowest BCUT2D eigenvalue weighted by Crippen LogP contribution is -2.58. The maximum Gasteiger partial charge on any atom is 0.246 e. The van der Waals surface area contributed by atoms with Gasteiger partial charge in [0.1, 0.15) is 42.1 Å². The molecule has 0 unspecified atom stereocenters. The number of nitrogens with one attached hydrogen (secondary N) is 2. The number of hydrogen-bond donors (Lipinski definition) is 4. The average Bonchev–Trinajstić information content (AvgIpc) is 4.10. The lowest BCUT2D eigenvalue weighted by Gasteiger charge is -2.35. The Morgan fingerprint density at radius 3 is 2.24 bits per heavy atom. The van der Waals surface area contributed by atoms with Crippen LogP contribution in [0.5, 0.6) is 5.75 Å². The topological polar surface area (TPSA) is 218 Å². The van der Waals surface area contributed by atoms with Gasteiger partial charge in [-0.2, -0.15) is 0 Å². The summed E-state index contributed by atoms with van der Waals surface area (Å²) in [6.07, 6.45) is 4.36. The van der Waals surface area contributed by atoms with Crippen LogP contribution in [0.4, 0.5) is 10.2 Å². The van der Waals surface area contributed by atoms with Crippen LogP contribution in [-0.4, -0.2) is 162 Å². The van der Waals surface area contributed by atoms with Gasteiger partial charge in [-0.1, -0.05) is 87.0 Å². The van der Waals surface area contributed by atoms with E-state index in [2.05, 4.69) is 25.6 Å². The number of nitrogens with zero attached hydrogens (tertiary/aromatic N) is 6. The number of fused-ring (bicyclic) bond motifs is 2. The van der Waals surface area contributed by atoms with Crippen LogP contribution in [0.15, 0.2) is 90.7 Å². The van der Waals surface area contributed by atoms with Crippen molar-refractivity contribution in [3.05, 3.63) is 113 Å². The Morgan fingerprint density at radius 1 is 0.873 bits per heavy atom.